The number of rotatable bonds is 4. The van der Waals surface area contributed by atoms with Crippen molar-refractivity contribution in [2.24, 2.45) is 0 Å². The number of aromatic nitrogens is 4. The number of H-pyrrole nitrogens is 1. The quantitative estimate of drug-likeness (QED) is 0.276. The van der Waals surface area contributed by atoms with Crippen molar-refractivity contribution in [2.75, 3.05) is 12.3 Å². The van der Waals surface area contributed by atoms with Crippen LogP contribution in [0, 0.1) is 4.64 Å². The lowest BCUT2D eigenvalue weighted by molar-refractivity contribution is -0.0503. The van der Waals surface area contributed by atoms with E-state index in [4.69, 9.17) is 32.5 Å². The lowest BCUT2D eigenvalue weighted by Crippen LogP contribution is -2.33. The Kier molecular flexibility index (Phi) is 4.44. The van der Waals surface area contributed by atoms with E-state index in [1.54, 1.807) is 0 Å². The van der Waals surface area contributed by atoms with Crippen LogP contribution < -0.4 is 5.73 Å². The third-order valence-electron chi connectivity index (χ3n) is 3.48. The van der Waals surface area contributed by atoms with Crippen molar-refractivity contribution in [3.8, 4) is 0 Å². The van der Waals surface area contributed by atoms with Gasteiger partial charge >= 0.3 is 7.82 Å². The van der Waals surface area contributed by atoms with E-state index in [0.717, 1.165) is 0 Å². The molecule has 3 heterocycles. The van der Waals surface area contributed by atoms with Gasteiger partial charge in [-0.1, -0.05) is 12.2 Å². The number of ether oxygens (including phenoxy) is 1. The number of phosphoric acid groups is 1. The third kappa shape index (κ3) is 3.20. The molecule has 1 saturated heterocycles. The molecule has 0 aromatic carbocycles. The largest absolute Gasteiger partial charge is 0.469 e. The van der Waals surface area contributed by atoms with Gasteiger partial charge in [0.25, 0.3) is 0 Å². The van der Waals surface area contributed by atoms with Crippen molar-refractivity contribution in [2.45, 2.75) is 24.5 Å². The van der Waals surface area contributed by atoms with E-state index in [1.165, 1.54) is 10.9 Å². The van der Waals surface area contributed by atoms with Crippen LogP contribution in [0.4, 0.5) is 5.95 Å². The zero-order chi connectivity index (χ0) is 17.6. The molecule has 2 aromatic rings. The maximum atomic E-state index is 10.8. The molecule has 0 spiro atoms. The normalized spacial score (nSPS) is 27.8. The molecular formula is C10H14N5O7PS. The van der Waals surface area contributed by atoms with Crippen molar-refractivity contribution >= 4 is 37.2 Å². The standard InChI is InChI=1S/C10H14N5O7PS/c11-10-13-7-4(8(24)14-10)12-2-15(7)9-6(17)5(16)3(22-9)1-21-23(18,19)20/h2-3,5-6,9,16-17H,1H2,(H2,18,19,20)(H3,11,13,14,24)/t3-,5?,6?,9+/m0/s1. The second kappa shape index (κ2) is 6.13. The SMILES string of the molecule is Nc1nc(=S)c2ncn([C@@H]3O[C@@H](COP(=O)(O)O)C(O)C3O)c2[nH]1. The maximum absolute atomic E-state index is 10.8. The van der Waals surface area contributed by atoms with E-state index in [2.05, 4.69) is 19.5 Å². The third-order valence-corrected chi connectivity index (χ3v) is 4.25. The van der Waals surface area contributed by atoms with Crippen LogP contribution in [0.1, 0.15) is 6.23 Å². The topological polar surface area (TPSA) is 189 Å². The van der Waals surface area contributed by atoms with E-state index in [9.17, 15) is 14.8 Å². The highest BCUT2D eigenvalue weighted by Crippen LogP contribution is 2.38. The van der Waals surface area contributed by atoms with Gasteiger partial charge in [0.05, 0.1) is 12.9 Å². The molecule has 132 valence electrons. The predicted molar refractivity (Wildman–Crippen MR) is 81.0 cm³/mol. The van der Waals surface area contributed by atoms with Crippen LogP contribution >= 0.6 is 20.0 Å². The van der Waals surface area contributed by atoms with Crippen LogP contribution in [0.3, 0.4) is 0 Å². The van der Waals surface area contributed by atoms with Crippen LogP contribution in [0.25, 0.3) is 11.2 Å². The van der Waals surface area contributed by atoms with Crippen molar-refractivity contribution < 1.29 is 33.8 Å². The summed E-state index contributed by atoms with van der Waals surface area (Å²) < 4.78 is 22.0. The molecule has 1 fully saturated rings. The van der Waals surface area contributed by atoms with Crippen molar-refractivity contribution in [1.82, 2.24) is 19.5 Å². The Hall–Kier alpha value is -1.44. The summed E-state index contributed by atoms with van der Waals surface area (Å²) in [4.78, 5) is 28.1. The van der Waals surface area contributed by atoms with Gasteiger partial charge in [-0.05, 0) is 0 Å². The molecule has 1 aliphatic rings. The van der Waals surface area contributed by atoms with Crippen molar-refractivity contribution in [3.63, 3.8) is 0 Å². The lowest BCUT2D eigenvalue weighted by Gasteiger charge is -2.17. The number of anilines is 1. The van der Waals surface area contributed by atoms with Crippen LogP contribution in [0.15, 0.2) is 6.33 Å². The van der Waals surface area contributed by atoms with E-state index in [-0.39, 0.29) is 10.6 Å². The van der Waals surface area contributed by atoms with Crippen LogP contribution in [-0.4, -0.2) is 64.4 Å². The monoisotopic (exact) mass is 379 g/mol. The molecule has 2 unspecified atom stereocenters. The molecule has 0 radical (unpaired) electrons. The van der Waals surface area contributed by atoms with E-state index in [1.807, 2.05) is 0 Å². The van der Waals surface area contributed by atoms with Crippen LogP contribution in [-0.2, 0) is 13.8 Å². The summed E-state index contributed by atoms with van der Waals surface area (Å²) in [6.07, 6.45) is -3.77. The highest BCUT2D eigenvalue weighted by Gasteiger charge is 2.45. The number of fused-ring (bicyclic) bond motifs is 1. The second-order valence-corrected chi connectivity index (χ2v) is 6.73. The minimum Gasteiger partial charge on any atom is -0.387 e. The molecule has 4 atom stereocenters. The highest BCUT2D eigenvalue weighted by molar-refractivity contribution is 7.71. The Labute approximate surface area is 139 Å². The van der Waals surface area contributed by atoms with Gasteiger partial charge < -0.3 is 35.5 Å². The second-order valence-electron chi connectivity index (χ2n) is 5.11. The number of aliphatic hydroxyl groups excluding tert-OH is 2. The van der Waals surface area contributed by atoms with Crippen molar-refractivity contribution in [1.29, 1.82) is 0 Å². The minimum absolute atomic E-state index is 0.0312. The molecule has 0 bridgehead atoms. The number of aromatic amines is 1. The summed E-state index contributed by atoms with van der Waals surface area (Å²) in [5, 5.41) is 20.2. The minimum atomic E-state index is -4.73. The molecule has 2 aromatic heterocycles. The Morgan fingerprint density at radius 2 is 2.17 bits per heavy atom. The molecule has 14 heteroatoms. The number of imidazole rings is 1. The average molecular weight is 379 g/mol. The zero-order valence-electron chi connectivity index (χ0n) is 11.9. The van der Waals surface area contributed by atoms with Gasteiger partial charge in [0.2, 0.25) is 0 Å². The Morgan fingerprint density at radius 3 is 2.83 bits per heavy atom. The van der Waals surface area contributed by atoms with Gasteiger partial charge in [0.1, 0.15) is 29.5 Å². The van der Waals surface area contributed by atoms with Gasteiger partial charge in [-0.3, -0.25) is 9.09 Å². The number of nitrogen functional groups attached to an aromatic ring is 1. The van der Waals surface area contributed by atoms with Gasteiger partial charge in [0, 0.05) is 0 Å². The molecule has 0 amide bonds. The van der Waals surface area contributed by atoms with Gasteiger partial charge in [0.15, 0.2) is 16.8 Å². The molecule has 0 saturated carbocycles. The predicted octanol–water partition coefficient (Wildman–Crippen LogP) is -1.20. The Balaban J connectivity index is 1.90. The lowest BCUT2D eigenvalue weighted by atomic mass is 10.1. The number of nitrogens with two attached hydrogens (primary N) is 1. The first-order chi connectivity index (χ1) is 11.2. The Bertz CT molecular complexity index is 865. The highest BCUT2D eigenvalue weighted by atomic mass is 32.1. The summed E-state index contributed by atoms with van der Waals surface area (Å²) in [6, 6.07) is 0. The number of hydrogen-bond donors (Lipinski definition) is 6. The first-order valence-electron chi connectivity index (χ1n) is 6.61. The molecule has 3 rings (SSSR count). The summed E-state index contributed by atoms with van der Waals surface area (Å²) in [5.74, 6) is 0.0312. The number of aliphatic hydroxyl groups is 2. The van der Waals surface area contributed by atoms with Gasteiger partial charge in [-0.15, -0.1) is 0 Å². The molecule has 1 aliphatic heterocycles. The molecule has 12 nitrogen and oxygen atoms in total. The molecule has 7 N–H and O–H groups in total. The average Bonchev–Trinajstić information content (AvgIpc) is 3.00. The van der Waals surface area contributed by atoms with E-state index >= 15 is 0 Å². The summed E-state index contributed by atoms with van der Waals surface area (Å²) in [5.41, 5.74) is 6.24. The fourth-order valence-corrected chi connectivity index (χ4v) is 3.00. The maximum Gasteiger partial charge on any atom is 0.469 e. The fourth-order valence-electron chi connectivity index (χ4n) is 2.41. The molecule has 0 aliphatic carbocycles. The number of hydrogen-bond acceptors (Lipinski definition) is 9. The van der Waals surface area contributed by atoms with Crippen molar-refractivity contribution in [3.05, 3.63) is 11.0 Å². The van der Waals surface area contributed by atoms with Gasteiger partial charge in [-0.25, -0.2) is 14.5 Å². The fraction of sp³-hybridized carbons (Fsp3) is 0.500. The number of nitrogens with one attached hydrogen (secondary N) is 1. The summed E-state index contributed by atoms with van der Waals surface area (Å²) in [6.45, 7) is -0.606. The Morgan fingerprint density at radius 1 is 1.46 bits per heavy atom. The first kappa shape index (κ1) is 17.4. The van der Waals surface area contributed by atoms with Crippen LogP contribution in [0.5, 0.6) is 0 Å². The first-order valence-corrected chi connectivity index (χ1v) is 8.55. The summed E-state index contributed by atoms with van der Waals surface area (Å²) >= 11 is 5.04. The molecular weight excluding hydrogens is 365 g/mol. The number of nitrogens with zero attached hydrogens (tertiary/aromatic N) is 3. The van der Waals surface area contributed by atoms with E-state index < -0.39 is 39.0 Å². The molecule has 24 heavy (non-hydrogen) atoms. The summed E-state index contributed by atoms with van der Waals surface area (Å²) in [7, 11) is -4.73. The van der Waals surface area contributed by atoms with Gasteiger partial charge in [-0.2, -0.15) is 0 Å². The number of phosphoric ester groups is 1. The smallest absolute Gasteiger partial charge is 0.387 e. The zero-order valence-corrected chi connectivity index (χ0v) is 13.6. The van der Waals surface area contributed by atoms with Crippen LogP contribution in [0.2, 0.25) is 0 Å². The van der Waals surface area contributed by atoms with E-state index in [0.29, 0.717) is 11.2 Å².